The lowest BCUT2D eigenvalue weighted by Crippen LogP contribution is -2.47. The van der Waals surface area contributed by atoms with Crippen LogP contribution < -0.4 is 5.32 Å². The Labute approximate surface area is 156 Å². The van der Waals surface area contributed by atoms with Crippen molar-refractivity contribution in [1.82, 2.24) is 10.2 Å². The minimum absolute atomic E-state index is 0. The maximum Gasteiger partial charge on any atom is 0.120 e. The molecule has 0 amide bonds. The van der Waals surface area contributed by atoms with E-state index in [2.05, 4.69) is 10.2 Å². The summed E-state index contributed by atoms with van der Waals surface area (Å²) in [4.78, 5) is 2.54. The summed E-state index contributed by atoms with van der Waals surface area (Å²) < 4.78 is 0. The zero-order chi connectivity index (χ0) is 14.7. The molecule has 0 unspecified atom stereocenters. The number of halogens is 3. The molecule has 0 aromatic heterocycles. The van der Waals surface area contributed by atoms with Crippen molar-refractivity contribution < 1.29 is 5.11 Å². The van der Waals surface area contributed by atoms with Crippen LogP contribution in [0.15, 0.2) is 18.2 Å². The van der Waals surface area contributed by atoms with E-state index in [4.69, 9.17) is 11.6 Å². The highest BCUT2D eigenvalue weighted by Gasteiger charge is 2.32. The van der Waals surface area contributed by atoms with Crippen molar-refractivity contribution in [3.8, 4) is 5.75 Å². The Kier molecular flexibility index (Phi) is 9.02. The Morgan fingerprint density at radius 2 is 1.74 bits per heavy atom. The highest BCUT2D eigenvalue weighted by Crippen LogP contribution is 2.42. The predicted octanol–water partition coefficient (Wildman–Crippen LogP) is 4.42. The van der Waals surface area contributed by atoms with Crippen LogP contribution in [0.5, 0.6) is 5.75 Å². The fourth-order valence-corrected chi connectivity index (χ4v) is 4.10. The summed E-state index contributed by atoms with van der Waals surface area (Å²) in [5.74, 6) is 1.04. The van der Waals surface area contributed by atoms with E-state index >= 15 is 0 Å². The van der Waals surface area contributed by atoms with Gasteiger partial charge in [-0.2, -0.15) is 0 Å². The largest absolute Gasteiger partial charge is 0.508 e. The molecule has 6 heteroatoms. The van der Waals surface area contributed by atoms with E-state index in [1.54, 1.807) is 12.1 Å². The average molecular weight is 382 g/mol. The number of phenolic OH excluding ortho intramolecular Hbond substituents is 1. The van der Waals surface area contributed by atoms with Crippen LogP contribution in [0.25, 0.3) is 0 Å². The Bertz CT molecular complexity index is 457. The van der Waals surface area contributed by atoms with Gasteiger partial charge in [-0.15, -0.1) is 24.8 Å². The minimum atomic E-state index is 0. The minimum Gasteiger partial charge on any atom is -0.508 e. The smallest absolute Gasteiger partial charge is 0.120 e. The third kappa shape index (κ3) is 5.14. The Morgan fingerprint density at radius 3 is 2.39 bits per heavy atom. The number of rotatable bonds is 3. The number of piperazine rings is 1. The van der Waals surface area contributed by atoms with Crippen molar-refractivity contribution >= 4 is 36.4 Å². The van der Waals surface area contributed by atoms with Gasteiger partial charge in [0.1, 0.15) is 5.75 Å². The molecule has 0 spiro atoms. The quantitative estimate of drug-likeness (QED) is 0.813. The Balaban J connectivity index is 0.00000132. The third-order valence-electron chi connectivity index (χ3n) is 4.95. The molecule has 1 aromatic rings. The van der Waals surface area contributed by atoms with Crippen LogP contribution in [0.2, 0.25) is 5.02 Å². The molecule has 1 aliphatic heterocycles. The fraction of sp³-hybridized carbons (Fsp3) is 0.647. The second kappa shape index (κ2) is 9.95. The molecule has 2 aliphatic rings. The SMILES string of the molecule is Cl.Cl.Oc1ccc(Cl)cc1[C@@H](C1CCCCC1)N1CCNCC1. The van der Waals surface area contributed by atoms with Crippen molar-refractivity contribution in [3.63, 3.8) is 0 Å². The zero-order valence-electron chi connectivity index (χ0n) is 13.3. The lowest BCUT2D eigenvalue weighted by molar-refractivity contribution is 0.101. The average Bonchev–Trinajstić information content (AvgIpc) is 2.53. The van der Waals surface area contributed by atoms with Crippen molar-refractivity contribution in [2.75, 3.05) is 26.2 Å². The number of phenols is 1. The van der Waals surface area contributed by atoms with Gasteiger partial charge in [0.25, 0.3) is 0 Å². The van der Waals surface area contributed by atoms with E-state index < -0.39 is 0 Å². The molecule has 1 aromatic carbocycles. The summed E-state index contributed by atoms with van der Waals surface area (Å²) in [6, 6.07) is 5.80. The first-order valence-corrected chi connectivity index (χ1v) is 8.56. The van der Waals surface area contributed by atoms with Gasteiger partial charge in [-0.1, -0.05) is 30.9 Å². The van der Waals surface area contributed by atoms with Crippen LogP contribution in [-0.2, 0) is 0 Å². The first-order valence-electron chi connectivity index (χ1n) is 8.19. The summed E-state index contributed by atoms with van der Waals surface area (Å²) in [7, 11) is 0. The van der Waals surface area contributed by atoms with E-state index in [1.807, 2.05) is 6.07 Å². The van der Waals surface area contributed by atoms with Gasteiger partial charge in [-0.05, 0) is 37.0 Å². The fourth-order valence-electron chi connectivity index (χ4n) is 3.92. The van der Waals surface area contributed by atoms with Crippen LogP contribution in [0, 0.1) is 5.92 Å². The van der Waals surface area contributed by atoms with Crippen molar-refractivity contribution in [1.29, 1.82) is 0 Å². The molecule has 3 nitrogen and oxygen atoms in total. The number of nitrogens with zero attached hydrogens (tertiary/aromatic N) is 1. The van der Waals surface area contributed by atoms with Gasteiger partial charge in [0, 0.05) is 42.8 Å². The molecule has 0 bridgehead atoms. The molecule has 3 rings (SSSR count). The lowest BCUT2D eigenvalue weighted by atomic mass is 9.80. The van der Waals surface area contributed by atoms with Gasteiger partial charge in [0.15, 0.2) is 0 Å². The molecule has 23 heavy (non-hydrogen) atoms. The number of hydrogen-bond donors (Lipinski definition) is 2. The summed E-state index contributed by atoms with van der Waals surface area (Å²) in [5, 5.41) is 14.5. The standard InChI is InChI=1S/C17H25ClN2O.2ClH/c18-14-6-7-16(21)15(12-14)17(13-4-2-1-3-5-13)20-10-8-19-9-11-20;;/h6-7,12-13,17,19,21H,1-5,8-11H2;2*1H/t17-;;/m1../s1. The van der Waals surface area contributed by atoms with Gasteiger partial charge >= 0.3 is 0 Å². The van der Waals surface area contributed by atoms with Crippen LogP contribution in [0.1, 0.15) is 43.7 Å². The van der Waals surface area contributed by atoms with Crippen LogP contribution in [0.3, 0.4) is 0 Å². The second-order valence-corrected chi connectivity index (χ2v) is 6.77. The first-order chi connectivity index (χ1) is 10.3. The molecular formula is C17H27Cl3N2O. The van der Waals surface area contributed by atoms with Gasteiger partial charge in [-0.25, -0.2) is 0 Å². The molecule has 1 atom stereocenters. The Morgan fingerprint density at radius 1 is 1.09 bits per heavy atom. The zero-order valence-corrected chi connectivity index (χ0v) is 15.7. The number of nitrogens with one attached hydrogen (secondary N) is 1. The topological polar surface area (TPSA) is 35.5 Å². The van der Waals surface area contributed by atoms with Gasteiger partial charge in [-0.3, -0.25) is 4.90 Å². The molecule has 2 fully saturated rings. The number of benzene rings is 1. The molecule has 132 valence electrons. The molecule has 1 saturated heterocycles. The number of aromatic hydroxyl groups is 1. The summed E-state index contributed by atoms with van der Waals surface area (Å²) in [6.07, 6.45) is 6.51. The summed E-state index contributed by atoms with van der Waals surface area (Å²) >= 11 is 6.20. The van der Waals surface area contributed by atoms with Gasteiger partial charge in [0.2, 0.25) is 0 Å². The Hall–Kier alpha value is -0.190. The summed E-state index contributed by atoms with van der Waals surface area (Å²) in [6.45, 7) is 4.16. The van der Waals surface area contributed by atoms with E-state index in [-0.39, 0.29) is 24.8 Å². The number of hydrogen-bond acceptors (Lipinski definition) is 3. The first kappa shape index (κ1) is 20.9. The second-order valence-electron chi connectivity index (χ2n) is 6.33. The predicted molar refractivity (Wildman–Crippen MR) is 101 cm³/mol. The van der Waals surface area contributed by atoms with Crippen molar-refractivity contribution in [3.05, 3.63) is 28.8 Å². The molecular weight excluding hydrogens is 355 g/mol. The van der Waals surface area contributed by atoms with E-state index in [0.29, 0.717) is 17.7 Å². The lowest BCUT2D eigenvalue weighted by Gasteiger charge is -2.41. The molecule has 1 heterocycles. The highest BCUT2D eigenvalue weighted by atomic mass is 35.5. The normalized spacial score (nSPS) is 21.1. The summed E-state index contributed by atoms with van der Waals surface area (Å²) in [5.41, 5.74) is 1.02. The molecule has 2 N–H and O–H groups in total. The van der Waals surface area contributed by atoms with Crippen LogP contribution in [0.4, 0.5) is 0 Å². The monoisotopic (exact) mass is 380 g/mol. The molecule has 0 radical (unpaired) electrons. The molecule has 1 saturated carbocycles. The maximum absolute atomic E-state index is 10.4. The van der Waals surface area contributed by atoms with E-state index in [0.717, 1.165) is 36.8 Å². The van der Waals surface area contributed by atoms with E-state index in [9.17, 15) is 5.11 Å². The van der Waals surface area contributed by atoms with Gasteiger partial charge in [0.05, 0.1) is 0 Å². The van der Waals surface area contributed by atoms with Crippen molar-refractivity contribution in [2.24, 2.45) is 5.92 Å². The van der Waals surface area contributed by atoms with E-state index in [1.165, 1.54) is 32.1 Å². The molecule has 1 aliphatic carbocycles. The highest BCUT2D eigenvalue weighted by molar-refractivity contribution is 6.30. The van der Waals surface area contributed by atoms with Crippen molar-refractivity contribution in [2.45, 2.75) is 38.1 Å². The third-order valence-corrected chi connectivity index (χ3v) is 5.18. The van der Waals surface area contributed by atoms with Crippen LogP contribution >= 0.6 is 36.4 Å². The maximum atomic E-state index is 10.4. The van der Waals surface area contributed by atoms with Gasteiger partial charge < -0.3 is 10.4 Å². The van der Waals surface area contributed by atoms with Crippen LogP contribution in [-0.4, -0.2) is 36.2 Å².